The number of carbonyl (C=O) groups is 2. The van der Waals surface area contributed by atoms with Gasteiger partial charge in [-0.25, -0.2) is 4.39 Å². The van der Waals surface area contributed by atoms with E-state index < -0.39 is 36.2 Å². The summed E-state index contributed by atoms with van der Waals surface area (Å²) in [6, 6.07) is 0. The highest BCUT2D eigenvalue weighted by Gasteiger charge is 2.45. The van der Waals surface area contributed by atoms with Crippen LogP contribution >= 0.6 is 0 Å². The number of alkyl halides is 4. The van der Waals surface area contributed by atoms with E-state index in [1.54, 1.807) is 0 Å². The van der Waals surface area contributed by atoms with Crippen LogP contribution in [-0.4, -0.2) is 35.4 Å². The molecule has 0 saturated heterocycles. The van der Waals surface area contributed by atoms with Crippen LogP contribution in [0.4, 0.5) is 17.6 Å². The minimum Gasteiger partial charge on any atom is -0.481 e. The number of rotatable bonds is 3. The summed E-state index contributed by atoms with van der Waals surface area (Å²) in [6.45, 7) is -0.810. The first kappa shape index (κ1) is 13.7. The summed E-state index contributed by atoms with van der Waals surface area (Å²) in [7, 11) is 0. The van der Waals surface area contributed by atoms with Gasteiger partial charge in [-0.2, -0.15) is 13.2 Å². The summed E-state index contributed by atoms with van der Waals surface area (Å²) >= 11 is 0. The highest BCUT2D eigenvalue weighted by molar-refractivity contribution is 5.81. The minimum absolute atomic E-state index is 0.0632. The van der Waals surface area contributed by atoms with Crippen LogP contribution in [0.25, 0.3) is 0 Å². The maximum atomic E-state index is 13.8. The number of aliphatic carboxylic acids is 1. The number of hydrogen-bond acceptors (Lipinski definition) is 2. The quantitative estimate of drug-likeness (QED) is 0.748. The summed E-state index contributed by atoms with van der Waals surface area (Å²) in [6.07, 6.45) is -5.53. The van der Waals surface area contributed by atoms with Crippen LogP contribution in [0.2, 0.25) is 0 Å². The van der Waals surface area contributed by atoms with Crippen molar-refractivity contribution >= 4 is 11.9 Å². The molecule has 98 valence electrons. The van der Waals surface area contributed by atoms with E-state index in [1.165, 1.54) is 5.32 Å². The molecule has 1 amide bonds. The smallest absolute Gasteiger partial charge is 0.471 e. The lowest BCUT2D eigenvalue weighted by Crippen LogP contribution is -2.44. The lowest BCUT2D eigenvalue weighted by Gasteiger charge is -2.20. The molecule has 0 aromatic carbocycles. The molecule has 0 radical (unpaired) electrons. The molecule has 0 unspecified atom stereocenters. The lowest BCUT2D eigenvalue weighted by atomic mass is 10.0. The molecule has 0 bridgehead atoms. The van der Waals surface area contributed by atoms with E-state index in [0.29, 0.717) is 0 Å². The zero-order chi connectivity index (χ0) is 13.3. The number of carboxylic acids is 1. The summed E-state index contributed by atoms with van der Waals surface area (Å²) in [5.41, 5.74) is -2.07. The van der Waals surface area contributed by atoms with Crippen molar-refractivity contribution < 1.29 is 32.3 Å². The van der Waals surface area contributed by atoms with Gasteiger partial charge in [-0.15, -0.1) is 0 Å². The predicted molar refractivity (Wildman–Crippen MR) is 47.9 cm³/mol. The number of halogens is 4. The number of carbonyl (C=O) groups excluding carboxylic acids is 1. The maximum absolute atomic E-state index is 13.8. The Bertz CT molecular complexity index is 331. The summed E-state index contributed by atoms with van der Waals surface area (Å²) in [4.78, 5) is 21.0. The van der Waals surface area contributed by atoms with Crippen molar-refractivity contribution in [2.45, 2.75) is 31.1 Å². The molecule has 1 saturated carbocycles. The third-order valence-electron chi connectivity index (χ3n) is 2.73. The van der Waals surface area contributed by atoms with E-state index in [0.717, 1.165) is 0 Å². The molecular formula is C9H11F4NO3. The Morgan fingerprint density at radius 1 is 1.41 bits per heavy atom. The van der Waals surface area contributed by atoms with Gasteiger partial charge in [0.2, 0.25) is 0 Å². The van der Waals surface area contributed by atoms with E-state index in [-0.39, 0.29) is 19.3 Å². The molecule has 4 nitrogen and oxygen atoms in total. The topological polar surface area (TPSA) is 66.4 Å². The number of carboxylic acid groups (broad SMARTS) is 1. The number of amides is 1. The van der Waals surface area contributed by atoms with Gasteiger partial charge >= 0.3 is 18.1 Å². The van der Waals surface area contributed by atoms with E-state index in [1.807, 2.05) is 0 Å². The Morgan fingerprint density at radius 3 is 2.41 bits per heavy atom. The Kier molecular flexibility index (Phi) is 3.63. The molecule has 1 rings (SSSR count). The van der Waals surface area contributed by atoms with Gasteiger partial charge in [-0.3, -0.25) is 9.59 Å². The first-order valence-electron chi connectivity index (χ1n) is 4.91. The van der Waals surface area contributed by atoms with Gasteiger partial charge in [0.15, 0.2) is 0 Å². The van der Waals surface area contributed by atoms with Gasteiger partial charge in [0, 0.05) is 0 Å². The molecule has 0 aromatic rings. The molecule has 0 aromatic heterocycles. The van der Waals surface area contributed by atoms with Gasteiger partial charge < -0.3 is 10.4 Å². The van der Waals surface area contributed by atoms with Gasteiger partial charge in [0.05, 0.1) is 12.5 Å². The highest BCUT2D eigenvalue weighted by Crippen LogP contribution is 2.37. The van der Waals surface area contributed by atoms with Crippen molar-refractivity contribution in [1.29, 1.82) is 0 Å². The molecule has 17 heavy (non-hydrogen) atoms. The summed E-state index contributed by atoms with van der Waals surface area (Å²) < 4.78 is 49.3. The Morgan fingerprint density at radius 2 is 2.00 bits per heavy atom. The highest BCUT2D eigenvalue weighted by atomic mass is 19.4. The number of hydrogen-bond donors (Lipinski definition) is 2. The molecule has 8 heteroatoms. The average Bonchev–Trinajstić information content (AvgIpc) is 2.57. The molecule has 1 aliphatic carbocycles. The van der Waals surface area contributed by atoms with Crippen LogP contribution in [0.1, 0.15) is 19.3 Å². The zero-order valence-corrected chi connectivity index (χ0v) is 8.68. The maximum Gasteiger partial charge on any atom is 0.471 e. The summed E-state index contributed by atoms with van der Waals surface area (Å²) in [5, 5.41) is 10.1. The van der Waals surface area contributed by atoms with E-state index >= 15 is 0 Å². The van der Waals surface area contributed by atoms with Gasteiger partial charge in [-0.05, 0) is 19.3 Å². The SMILES string of the molecule is O=C(O)[C@@H]1CC[C@](F)(CNC(=O)C(F)(F)F)C1. The van der Waals surface area contributed by atoms with Gasteiger partial charge in [0.1, 0.15) is 5.67 Å². The van der Waals surface area contributed by atoms with Crippen molar-refractivity contribution in [2.24, 2.45) is 5.92 Å². The fourth-order valence-corrected chi connectivity index (χ4v) is 1.79. The minimum atomic E-state index is -5.05. The first-order valence-corrected chi connectivity index (χ1v) is 4.91. The van der Waals surface area contributed by atoms with Crippen molar-refractivity contribution in [3.63, 3.8) is 0 Å². The summed E-state index contributed by atoms with van der Waals surface area (Å²) in [5.74, 6) is -4.29. The third kappa shape index (κ3) is 3.57. The van der Waals surface area contributed by atoms with Crippen molar-refractivity contribution in [3.8, 4) is 0 Å². The zero-order valence-electron chi connectivity index (χ0n) is 8.68. The second-order valence-electron chi connectivity index (χ2n) is 4.11. The first-order chi connectivity index (χ1) is 7.64. The standard InChI is InChI=1S/C9H11F4NO3/c10-8(2-1-5(3-8)6(15)16)4-14-7(17)9(11,12)13/h5H,1-4H2,(H,14,17)(H,15,16)/t5-,8-/m1/s1. The van der Waals surface area contributed by atoms with Crippen LogP contribution in [0.15, 0.2) is 0 Å². The van der Waals surface area contributed by atoms with Gasteiger partial charge in [-0.1, -0.05) is 0 Å². The Hall–Kier alpha value is -1.34. The molecule has 2 N–H and O–H groups in total. The predicted octanol–water partition coefficient (Wildman–Crippen LogP) is 1.26. The fourth-order valence-electron chi connectivity index (χ4n) is 1.79. The molecule has 0 heterocycles. The van der Waals surface area contributed by atoms with Crippen LogP contribution < -0.4 is 5.32 Å². The molecule has 2 atom stereocenters. The van der Waals surface area contributed by atoms with Crippen LogP contribution in [0, 0.1) is 5.92 Å². The lowest BCUT2D eigenvalue weighted by molar-refractivity contribution is -0.174. The van der Waals surface area contributed by atoms with E-state index in [4.69, 9.17) is 5.11 Å². The largest absolute Gasteiger partial charge is 0.481 e. The van der Waals surface area contributed by atoms with Crippen LogP contribution in [0.5, 0.6) is 0 Å². The van der Waals surface area contributed by atoms with Crippen molar-refractivity contribution in [2.75, 3.05) is 6.54 Å². The molecule has 1 aliphatic rings. The van der Waals surface area contributed by atoms with Gasteiger partial charge in [0.25, 0.3) is 0 Å². The third-order valence-corrected chi connectivity index (χ3v) is 2.73. The Balaban J connectivity index is 2.48. The monoisotopic (exact) mass is 257 g/mol. The van der Waals surface area contributed by atoms with Crippen LogP contribution in [0.3, 0.4) is 0 Å². The van der Waals surface area contributed by atoms with E-state index in [9.17, 15) is 27.2 Å². The number of nitrogens with one attached hydrogen (secondary N) is 1. The normalized spacial score (nSPS) is 29.1. The van der Waals surface area contributed by atoms with Crippen molar-refractivity contribution in [1.82, 2.24) is 5.32 Å². The molecule has 1 fully saturated rings. The average molecular weight is 257 g/mol. The Labute approximate surface area is 94.0 Å². The van der Waals surface area contributed by atoms with Crippen molar-refractivity contribution in [3.05, 3.63) is 0 Å². The fraction of sp³-hybridized carbons (Fsp3) is 0.778. The second kappa shape index (κ2) is 4.50. The molecule has 0 spiro atoms. The molecule has 0 aliphatic heterocycles. The van der Waals surface area contributed by atoms with E-state index in [2.05, 4.69) is 0 Å². The van der Waals surface area contributed by atoms with Crippen LogP contribution in [-0.2, 0) is 9.59 Å². The second-order valence-corrected chi connectivity index (χ2v) is 4.11. The molecular weight excluding hydrogens is 246 g/mol.